The van der Waals surface area contributed by atoms with E-state index >= 15 is 0 Å². The topological polar surface area (TPSA) is 79.8 Å². The van der Waals surface area contributed by atoms with Gasteiger partial charge < -0.3 is 15.4 Å². The Morgan fingerprint density at radius 1 is 1.21 bits per heavy atom. The molecule has 0 amide bonds. The summed E-state index contributed by atoms with van der Waals surface area (Å²) in [5.74, 6) is 1.30. The van der Waals surface area contributed by atoms with Gasteiger partial charge in [-0.1, -0.05) is 35.9 Å². The molecular formula is C21H28ClN3O3S. The Kier molecular flexibility index (Phi) is 8.34. The van der Waals surface area contributed by atoms with Crippen molar-refractivity contribution in [3.8, 4) is 5.75 Å². The van der Waals surface area contributed by atoms with E-state index in [0.29, 0.717) is 34.7 Å². The van der Waals surface area contributed by atoms with Crippen LogP contribution in [0.15, 0.2) is 52.4 Å². The molecular weight excluding hydrogens is 410 g/mol. The van der Waals surface area contributed by atoms with Crippen LogP contribution in [0.25, 0.3) is 0 Å². The maximum atomic E-state index is 11.7. The van der Waals surface area contributed by atoms with Crippen molar-refractivity contribution in [2.24, 2.45) is 4.99 Å². The first-order valence-electron chi connectivity index (χ1n) is 9.43. The average Bonchev–Trinajstić information content (AvgIpc) is 2.65. The number of nitrogens with zero attached hydrogens (tertiary/aromatic N) is 1. The van der Waals surface area contributed by atoms with Crippen LogP contribution >= 0.6 is 11.6 Å². The van der Waals surface area contributed by atoms with Crippen LogP contribution < -0.4 is 15.4 Å². The van der Waals surface area contributed by atoms with Crippen LogP contribution in [0.4, 0.5) is 0 Å². The third-order valence-corrected chi connectivity index (χ3v) is 5.69. The third-order valence-electron chi connectivity index (χ3n) is 4.12. The van der Waals surface area contributed by atoms with Crippen LogP contribution in [0.5, 0.6) is 5.75 Å². The molecule has 0 aliphatic carbocycles. The molecule has 1 atom stereocenters. The zero-order valence-corrected chi connectivity index (χ0v) is 18.8. The number of para-hydroxylation sites is 1. The molecule has 29 heavy (non-hydrogen) atoms. The van der Waals surface area contributed by atoms with Gasteiger partial charge >= 0.3 is 0 Å². The fourth-order valence-corrected chi connectivity index (χ4v) is 3.92. The van der Waals surface area contributed by atoms with Crippen LogP contribution in [-0.4, -0.2) is 39.8 Å². The molecule has 8 heteroatoms. The molecule has 0 saturated heterocycles. The number of hydrogen-bond donors (Lipinski definition) is 2. The number of nitrogens with one attached hydrogen (secondary N) is 2. The second kappa shape index (κ2) is 10.5. The first kappa shape index (κ1) is 23.0. The Balaban J connectivity index is 1.99. The normalized spacial score (nSPS) is 13.1. The standard InChI is InChI=1S/C21H28ClN3O3S/c1-5-23-21(24-13-16(3)28-19-9-7-6-8-18(19)22)25-14-17-10-11-20(15(2)12-17)29(4,26)27/h6-12,16H,5,13-14H2,1-4H3,(H2,23,24,25). The predicted octanol–water partition coefficient (Wildman–Crippen LogP) is 3.57. The maximum Gasteiger partial charge on any atom is 0.191 e. The van der Waals surface area contributed by atoms with Crippen LogP contribution in [0.3, 0.4) is 0 Å². The van der Waals surface area contributed by atoms with Crippen molar-refractivity contribution in [1.82, 2.24) is 10.6 Å². The number of rotatable bonds is 8. The lowest BCUT2D eigenvalue weighted by atomic mass is 10.1. The van der Waals surface area contributed by atoms with Gasteiger partial charge in [-0.3, -0.25) is 0 Å². The average molecular weight is 438 g/mol. The van der Waals surface area contributed by atoms with Gasteiger partial charge in [0.25, 0.3) is 0 Å². The zero-order valence-electron chi connectivity index (χ0n) is 17.2. The van der Waals surface area contributed by atoms with E-state index in [2.05, 4.69) is 15.6 Å². The van der Waals surface area contributed by atoms with E-state index in [0.717, 1.165) is 17.7 Å². The summed E-state index contributed by atoms with van der Waals surface area (Å²) in [6.45, 7) is 7.43. The second-order valence-electron chi connectivity index (χ2n) is 6.81. The molecule has 0 spiro atoms. The lowest BCUT2D eigenvalue weighted by Gasteiger charge is -2.18. The van der Waals surface area contributed by atoms with Gasteiger partial charge in [-0.2, -0.15) is 0 Å². The number of halogens is 1. The smallest absolute Gasteiger partial charge is 0.191 e. The first-order valence-corrected chi connectivity index (χ1v) is 11.7. The maximum absolute atomic E-state index is 11.7. The van der Waals surface area contributed by atoms with Crippen molar-refractivity contribution in [2.75, 3.05) is 19.3 Å². The number of sulfone groups is 1. The molecule has 2 aromatic carbocycles. The SMILES string of the molecule is CCNC(=NCc1ccc(S(C)(=O)=O)c(C)c1)NCC(C)Oc1ccccc1Cl. The molecule has 0 heterocycles. The molecule has 0 aliphatic heterocycles. The van der Waals surface area contributed by atoms with E-state index in [-0.39, 0.29) is 6.10 Å². The van der Waals surface area contributed by atoms with Gasteiger partial charge in [0.2, 0.25) is 0 Å². The van der Waals surface area contributed by atoms with Crippen LogP contribution in [0.1, 0.15) is 25.0 Å². The molecule has 0 aromatic heterocycles. The summed E-state index contributed by atoms with van der Waals surface area (Å²) < 4.78 is 29.4. The van der Waals surface area contributed by atoms with E-state index in [9.17, 15) is 8.42 Å². The molecule has 1 unspecified atom stereocenters. The molecule has 0 bridgehead atoms. The summed E-state index contributed by atoms with van der Waals surface area (Å²) in [7, 11) is -3.22. The summed E-state index contributed by atoms with van der Waals surface area (Å²) in [4.78, 5) is 4.92. The van der Waals surface area contributed by atoms with Crippen molar-refractivity contribution in [1.29, 1.82) is 0 Å². The summed E-state index contributed by atoms with van der Waals surface area (Å²) in [5, 5.41) is 7.03. The highest BCUT2D eigenvalue weighted by atomic mass is 35.5. The Hall–Kier alpha value is -2.25. The van der Waals surface area contributed by atoms with Crippen molar-refractivity contribution < 1.29 is 13.2 Å². The number of hydrogen-bond acceptors (Lipinski definition) is 4. The van der Waals surface area contributed by atoms with Gasteiger partial charge in [0, 0.05) is 12.8 Å². The molecule has 2 aromatic rings. The fourth-order valence-electron chi connectivity index (χ4n) is 2.78. The van der Waals surface area contributed by atoms with E-state index in [1.54, 1.807) is 25.1 Å². The molecule has 0 radical (unpaired) electrons. The quantitative estimate of drug-likeness (QED) is 0.487. The lowest BCUT2D eigenvalue weighted by molar-refractivity contribution is 0.224. The minimum absolute atomic E-state index is 0.116. The number of ether oxygens (including phenoxy) is 1. The molecule has 0 aliphatic rings. The molecule has 158 valence electrons. The monoisotopic (exact) mass is 437 g/mol. The van der Waals surface area contributed by atoms with Crippen LogP contribution in [0.2, 0.25) is 5.02 Å². The Labute approximate surface area is 178 Å². The minimum Gasteiger partial charge on any atom is -0.487 e. The third kappa shape index (κ3) is 7.25. The van der Waals surface area contributed by atoms with E-state index in [4.69, 9.17) is 16.3 Å². The number of aryl methyl sites for hydroxylation is 1. The Morgan fingerprint density at radius 3 is 2.55 bits per heavy atom. The predicted molar refractivity (Wildman–Crippen MR) is 119 cm³/mol. The second-order valence-corrected chi connectivity index (χ2v) is 9.20. The van der Waals surface area contributed by atoms with Crippen LogP contribution in [0, 0.1) is 6.92 Å². The molecule has 6 nitrogen and oxygen atoms in total. The van der Waals surface area contributed by atoms with Crippen LogP contribution in [-0.2, 0) is 16.4 Å². The first-order chi connectivity index (χ1) is 13.7. The van der Waals surface area contributed by atoms with Gasteiger partial charge in [0.15, 0.2) is 15.8 Å². The zero-order chi connectivity index (χ0) is 21.4. The highest BCUT2D eigenvalue weighted by Crippen LogP contribution is 2.24. The highest BCUT2D eigenvalue weighted by molar-refractivity contribution is 7.90. The van der Waals surface area contributed by atoms with Crippen molar-refractivity contribution >= 4 is 27.4 Å². The highest BCUT2D eigenvalue weighted by Gasteiger charge is 2.11. The minimum atomic E-state index is -3.22. The van der Waals surface area contributed by atoms with Gasteiger partial charge in [-0.15, -0.1) is 0 Å². The van der Waals surface area contributed by atoms with Crippen molar-refractivity contribution in [3.05, 3.63) is 58.6 Å². The van der Waals surface area contributed by atoms with Crippen molar-refractivity contribution in [2.45, 2.75) is 38.3 Å². The summed E-state index contributed by atoms with van der Waals surface area (Å²) in [6.07, 6.45) is 1.10. The number of aliphatic imine (C=N–C) groups is 1. The van der Waals surface area contributed by atoms with E-state index in [1.807, 2.05) is 38.1 Å². The molecule has 2 rings (SSSR count). The molecule has 2 N–H and O–H groups in total. The fraction of sp³-hybridized carbons (Fsp3) is 0.381. The van der Waals surface area contributed by atoms with Crippen molar-refractivity contribution in [3.63, 3.8) is 0 Å². The Bertz CT molecular complexity index is 961. The van der Waals surface area contributed by atoms with E-state index in [1.165, 1.54) is 6.26 Å². The van der Waals surface area contributed by atoms with Gasteiger partial charge in [-0.05, 0) is 50.1 Å². The summed E-state index contributed by atoms with van der Waals surface area (Å²) in [5.41, 5.74) is 1.66. The van der Waals surface area contributed by atoms with Gasteiger partial charge in [-0.25, -0.2) is 13.4 Å². The number of benzene rings is 2. The van der Waals surface area contributed by atoms with Gasteiger partial charge in [0.1, 0.15) is 11.9 Å². The summed E-state index contributed by atoms with van der Waals surface area (Å²) in [6, 6.07) is 12.6. The Morgan fingerprint density at radius 2 is 1.93 bits per heavy atom. The lowest BCUT2D eigenvalue weighted by Crippen LogP contribution is -2.41. The molecule has 0 fully saturated rings. The van der Waals surface area contributed by atoms with E-state index < -0.39 is 9.84 Å². The summed E-state index contributed by atoms with van der Waals surface area (Å²) >= 11 is 6.13. The van der Waals surface area contributed by atoms with Gasteiger partial charge in [0.05, 0.1) is 23.0 Å². The largest absolute Gasteiger partial charge is 0.487 e. The number of guanidine groups is 1. The molecule has 0 saturated carbocycles.